The minimum atomic E-state index is -3.60. The van der Waals surface area contributed by atoms with Crippen molar-refractivity contribution < 1.29 is 23.1 Å². The van der Waals surface area contributed by atoms with Crippen molar-refractivity contribution in [2.45, 2.75) is 64.3 Å². The molecule has 1 aliphatic rings. The number of carboxylic acid groups (broad SMARTS) is 1. The zero-order valence-corrected chi connectivity index (χ0v) is 14.5. The van der Waals surface area contributed by atoms with Crippen molar-refractivity contribution in [3.05, 3.63) is 0 Å². The fraction of sp³-hybridized carbons (Fsp3) is 0.867. The van der Waals surface area contributed by atoms with Gasteiger partial charge in [-0.3, -0.25) is 9.59 Å². The Balaban J connectivity index is 2.18. The first-order chi connectivity index (χ1) is 10.8. The number of carbonyl (C=O) groups is 2. The van der Waals surface area contributed by atoms with Gasteiger partial charge in [-0.05, 0) is 44.4 Å². The van der Waals surface area contributed by atoms with Crippen LogP contribution in [0.4, 0.5) is 0 Å². The van der Waals surface area contributed by atoms with E-state index in [1.165, 1.54) is 0 Å². The van der Waals surface area contributed by atoms with Crippen LogP contribution in [0, 0.1) is 5.92 Å². The molecule has 0 radical (unpaired) electrons. The molecule has 0 aliphatic heterocycles. The molecule has 3 N–H and O–H groups in total. The van der Waals surface area contributed by atoms with Crippen LogP contribution in [0.25, 0.3) is 0 Å². The van der Waals surface area contributed by atoms with E-state index in [1.807, 2.05) is 0 Å². The minimum absolute atomic E-state index is 0.0555. The van der Waals surface area contributed by atoms with Crippen LogP contribution in [0.2, 0.25) is 0 Å². The molecular formula is C15H28N2O5S. The van der Waals surface area contributed by atoms with Crippen LogP contribution < -0.4 is 10.0 Å². The molecule has 134 valence electrons. The molecule has 0 unspecified atom stereocenters. The van der Waals surface area contributed by atoms with Crippen LogP contribution in [0.3, 0.4) is 0 Å². The van der Waals surface area contributed by atoms with Crippen molar-refractivity contribution >= 4 is 21.9 Å². The highest BCUT2D eigenvalue weighted by atomic mass is 32.2. The fourth-order valence-electron chi connectivity index (χ4n) is 2.70. The molecule has 0 saturated heterocycles. The van der Waals surface area contributed by atoms with Crippen molar-refractivity contribution in [3.63, 3.8) is 0 Å². The summed E-state index contributed by atoms with van der Waals surface area (Å²) in [6, 6.07) is -0.0555. The first-order valence-corrected chi connectivity index (χ1v) is 9.92. The van der Waals surface area contributed by atoms with Crippen molar-refractivity contribution in [3.8, 4) is 0 Å². The first-order valence-electron chi connectivity index (χ1n) is 8.27. The van der Waals surface area contributed by atoms with E-state index in [1.54, 1.807) is 0 Å². The van der Waals surface area contributed by atoms with Crippen molar-refractivity contribution in [2.75, 3.05) is 12.3 Å². The zero-order valence-electron chi connectivity index (χ0n) is 13.7. The average molecular weight is 348 g/mol. The van der Waals surface area contributed by atoms with Gasteiger partial charge in [0.15, 0.2) is 0 Å². The van der Waals surface area contributed by atoms with Gasteiger partial charge in [0.25, 0.3) is 0 Å². The van der Waals surface area contributed by atoms with Crippen LogP contribution in [0.1, 0.15) is 58.3 Å². The third-order valence-electron chi connectivity index (χ3n) is 4.07. The number of rotatable bonds is 10. The van der Waals surface area contributed by atoms with Crippen LogP contribution in [-0.2, 0) is 19.6 Å². The standard InChI is InChI=1S/C15H28N2O5S/c1-12-6-8-13(9-7-12)17-23(21,22)11-14(18)16-10-4-2-3-5-15(19)20/h12-13,17H,2-11H2,1H3,(H,16,18)(H,19,20). The van der Waals surface area contributed by atoms with Gasteiger partial charge in [-0.1, -0.05) is 13.3 Å². The predicted molar refractivity (Wildman–Crippen MR) is 87.5 cm³/mol. The molecule has 8 heteroatoms. The summed E-state index contributed by atoms with van der Waals surface area (Å²) in [5, 5.41) is 11.1. The second kappa shape index (κ2) is 9.87. The molecule has 1 saturated carbocycles. The van der Waals surface area contributed by atoms with Crippen molar-refractivity contribution in [1.29, 1.82) is 0 Å². The number of aliphatic carboxylic acids is 1. The Bertz CT molecular complexity index is 484. The Hall–Kier alpha value is -1.15. The number of unbranched alkanes of at least 4 members (excludes halogenated alkanes) is 2. The lowest BCUT2D eigenvalue weighted by Gasteiger charge is -2.26. The molecule has 7 nitrogen and oxygen atoms in total. The van der Waals surface area contributed by atoms with Gasteiger partial charge in [-0.2, -0.15) is 0 Å². The molecular weight excluding hydrogens is 320 g/mol. The second-order valence-electron chi connectivity index (χ2n) is 6.39. The van der Waals surface area contributed by atoms with E-state index >= 15 is 0 Å². The van der Waals surface area contributed by atoms with E-state index in [0.29, 0.717) is 31.7 Å². The molecule has 0 aromatic rings. The molecule has 0 heterocycles. The number of sulfonamides is 1. The van der Waals surface area contributed by atoms with Gasteiger partial charge in [-0.15, -0.1) is 0 Å². The molecule has 1 fully saturated rings. The van der Waals surface area contributed by atoms with E-state index in [-0.39, 0.29) is 12.5 Å². The van der Waals surface area contributed by atoms with Gasteiger partial charge in [0.1, 0.15) is 5.75 Å². The fourth-order valence-corrected chi connectivity index (χ4v) is 3.98. The summed E-state index contributed by atoms with van der Waals surface area (Å²) in [7, 11) is -3.60. The predicted octanol–water partition coefficient (Wildman–Crippen LogP) is 1.25. The van der Waals surface area contributed by atoms with E-state index in [9.17, 15) is 18.0 Å². The SMILES string of the molecule is CC1CCC(NS(=O)(=O)CC(=O)NCCCCCC(=O)O)CC1. The van der Waals surface area contributed by atoms with Crippen LogP contribution in [0.5, 0.6) is 0 Å². The molecule has 0 bridgehead atoms. The van der Waals surface area contributed by atoms with Crippen molar-refractivity contribution in [1.82, 2.24) is 10.0 Å². The summed E-state index contributed by atoms with van der Waals surface area (Å²) in [4.78, 5) is 22.0. The number of carboxylic acids is 1. The quantitative estimate of drug-likeness (QED) is 0.514. The number of carbonyl (C=O) groups excluding carboxylic acids is 1. The Morgan fingerprint density at radius 2 is 1.74 bits per heavy atom. The molecule has 23 heavy (non-hydrogen) atoms. The van der Waals surface area contributed by atoms with E-state index in [0.717, 1.165) is 25.7 Å². The summed E-state index contributed by atoms with van der Waals surface area (Å²) in [6.07, 6.45) is 5.69. The van der Waals surface area contributed by atoms with Gasteiger partial charge < -0.3 is 10.4 Å². The maximum atomic E-state index is 12.0. The normalized spacial score (nSPS) is 21.8. The highest BCUT2D eigenvalue weighted by Gasteiger charge is 2.24. The summed E-state index contributed by atoms with van der Waals surface area (Å²) in [5.41, 5.74) is 0. The number of nitrogens with one attached hydrogen (secondary N) is 2. The Morgan fingerprint density at radius 1 is 1.09 bits per heavy atom. The van der Waals surface area contributed by atoms with Crippen LogP contribution in [0.15, 0.2) is 0 Å². The second-order valence-corrected chi connectivity index (χ2v) is 8.14. The van der Waals surface area contributed by atoms with E-state index in [4.69, 9.17) is 5.11 Å². The third kappa shape index (κ3) is 9.55. The summed E-state index contributed by atoms with van der Waals surface area (Å²) >= 11 is 0. The number of hydrogen-bond donors (Lipinski definition) is 3. The van der Waals surface area contributed by atoms with E-state index in [2.05, 4.69) is 17.0 Å². The smallest absolute Gasteiger partial charge is 0.303 e. The lowest BCUT2D eigenvalue weighted by atomic mass is 9.88. The molecule has 1 amide bonds. The van der Waals surface area contributed by atoms with Crippen LogP contribution >= 0.6 is 0 Å². The lowest BCUT2D eigenvalue weighted by molar-refractivity contribution is -0.137. The largest absolute Gasteiger partial charge is 0.481 e. The summed E-state index contributed by atoms with van der Waals surface area (Å²) in [5.74, 6) is -1.25. The van der Waals surface area contributed by atoms with Gasteiger partial charge in [0.05, 0.1) is 0 Å². The Labute approximate surface area is 138 Å². The Kier molecular flexibility index (Phi) is 8.54. The van der Waals surface area contributed by atoms with Gasteiger partial charge in [0.2, 0.25) is 15.9 Å². The zero-order chi connectivity index (χ0) is 17.3. The highest BCUT2D eigenvalue weighted by molar-refractivity contribution is 7.90. The first kappa shape index (κ1) is 19.9. The maximum Gasteiger partial charge on any atom is 0.303 e. The summed E-state index contributed by atoms with van der Waals surface area (Å²) in [6.45, 7) is 2.53. The highest BCUT2D eigenvalue weighted by Crippen LogP contribution is 2.23. The number of amides is 1. The molecule has 0 atom stereocenters. The third-order valence-corrected chi connectivity index (χ3v) is 5.41. The molecule has 0 spiro atoms. The van der Waals surface area contributed by atoms with E-state index < -0.39 is 27.7 Å². The Morgan fingerprint density at radius 3 is 2.35 bits per heavy atom. The monoisotopic (exact) mass is 348 g/mol. The molecule has 0 aromatic heterocycles. The van der Waals surface area contributed by atoms with Gasteiger partial charge in [0, 0.05) is 19.0 Å². The topological polar surface area (TPSA) is 113 Å². The van der Waals surface area contributed by atoms with Crippen LogP contribution in [-0.4, -0.2) is 43.7 Å². The van der Waals surface area contributed by atoms with Gasteiger partial charge >= 0.3 is 5.97 Å². The van der Waals surface area contributed by atoms with Gasteiger partial charge in [-0.25, -0.2) is 13.1 Å². The average Bonchev–Trinajstić information content (AvgIpc) is 2.44. The summed E-state index contributed by atoms with van der Waals surface area (Å²) < 4.78 is 26.5. The molecule has 1 aliphatic carbocycles. The maximum absolute atomic E-state index is 12.0. The van der Waals surface area contributed by atoms with Crippen molar-refractivity contribution in [2.24, 2.45) is 5.92 Å². The lowest BCUT2D eigenvalue weighted by Crippen LogP contribution is -2.42. The number of hydrogen-bond acceptors (Lipinski definition) is 4. The minimum Gasteiger partial charge on any atom is -0.481 e. The molecule has 0 aromatic carbocycles. The molecule has 1 rings (SSSR count).